The van der Waals surface area contributed by atoms with Crippen molar-refractivity contribution in [3.05, 3.63) is 84.3 Å². The number of fused-ring (bicyclic) bond motifs is 2. The second-order valence-corrected chi connectivity index (χ2v) is 5.37. The van der Waals surface area contributed by atoms with Crippen LogP contribution < -0.4 is 0 Å². The highest BCUT2D eigenvalue weighted by molar-refractivity contribution is 6.02. The summed E-state index contributed by atoms with van der Waals surface area (Å²) in [6, 6.07) is 23.0. The van der Waals surface area contributed by atoms with E-state index >= 15 is 0 Å². The molecule has 0 aliphatic heterocycles. The summed E-state index contributed by atoms with van der Waals surface area (Å²) in [7, 11) is 0. The maximum Gasteiger partial charge on any atom is 0.129 e. The van der Waals surface area contributed by atoms with E-state index in [2.05, 4.69) is 54.6 Å². The largest absolute Gasteiger partial charge is 0.467 e. The van der Waals surface area contributed by atoms with Gasteiger partial charge in [0.1, 0.15) is 12.4 Å². The number of furan rings is 1. The summed E-state index contributed by atoms with van der Waals surface area (Å²) >= 11 is 0. The molecule has 0 saturated heterocycles. The Morgan fingerprint density at radius 1 is 0.727 bits per heavy atom. The number of benzene rings is 3. The highest BCUT2D eigenvalue weighted by Crippen LogP contribution is 2.29. The Kier molecular flexibility index (Phi) is 3.37. The molecule has 1 heterocycles. The van der Waals surface area contributed by atoms with Crippen LogP contribution in [-0.2, 0) is 18.0 Å². The third-order valence-electron chi connectivity index (χ3n) is 3.95. The van der Waals surface area contributed by atoms with E-state index in [0.29, 0.717) is 13.2 Å². The summed E-state index contributed by atoms with van der Waals surface area (Å²) in [6.07, 6.45) is 1.67. The maximum atomic E-state index is 5.89. The monoisotopic (exact) mass is 288 g/mol. The van der Waals surface area contributed by atoms with E-state index in [4.69, 9.17) is 9.15 Å². The maximum absolute atomic E-state index is 5.89. The highest BCUT2D eigenvalue weighted by Gasteiger charge is 2.07. The number of rotatable bonds is 4. The molecule has 108 valence electrons. The lowest BCUT2D eigenvalue weighted by Crippen LogP contribution is -1.96. The molecule has 0 aliphatic carbocycles. The molecule has 0 unspecified atom stereocenters. The third-order valence-corrected chi connectivity index (χ3v) is 3.95. The minimum atomic E-state index is 0.491. The summed E-state index contributed by atoms with van der Waals surface area (Å²) in [6.45, 7) is 1.06. The van der Waals surface area contributed by atoms with Gasteiger partial charge in [-0.05, 0) is 45.3 Å². The number of hydrogen-bond acceptors (Lipinski definition) is 2. The summed E-state index contributed by atoms with van der Waals surface area (Å²) in [5.74, 6) is 0.851. The molecule has 0 amide bonds. The summed E-state index contributed by atoms with van der Waals surface area (Å²) in [5.41, 5.74) is 1.24. The van der Waals surface area contributed by atoms with E-state index in [-0.39, 0.29) is 0 Å². The number of hydrogen-bond donors (Lipinski definition) is 0. The molecular weight excluding hydrogens is 272 g/mol. The third kappa shape index (κ3) is 2.38. The van der Waals surface area contributed by atoms with E-state index in [1.54, 1.807) is 6.26 Å². The molecule has 3 aromatic carbocycles. The highest BCUT2D eigenvalue weighted by atomic mass is 16.5. The van der Waals surface area contributed by atoms with Gasteiger partial charge in [0.05, 0.1) is 12.9 Å². The number of ether oxygens (including phenoxy) is 1. The fourth-order valence-electron chi connectivity index (χ4n) is 2.91. The van der Waals surface area contributed by atoms with Crippen molar-refractivity contribution in [3.63, 3.8) is 0 Å². The first-order chi connectivity index (χ1) is 10.9. The lowest BCUT2D eigenvalue weighted by molar-refractivity contribution is 0.0944. The van der Waals surface area contributed by atoms with Crippen LogP contribution in [-0.4, -0.2) is 0 Å². The zero-order chi connectivity index (χ0) is 14.8. The first-order valence-electron chi connectivity index (χ1n) is 7.41. The molecule has 0 fully saturated rings. The van der Waals surface area contributed by atoms with Crippen molar-refractivity contribution in [2.45, 2.75) is 13.2 Å². The zero-order valence-electron chi connectivity index (χ0n) is 12.2. The fourth-order valence-corrected chi connectivity index (χ4v) is 2.91. The van der Waals surface area contributed by atoms with Crippen LogP contribution in [0.5, 0.6) is 0 Å². The van der Waals surface area contributed by atoms with Crippen LogP contribution in [0.2, 0.25) is 0 Å². The smallest absolute Gasteiger partial charge is 0.129 e. The Morgan fingerprint density at radius 3 is 2.05 bits per heavy atom. The van der Waals surface area contributed by atoms with Gasteiger partial charge in [-0.3, -0.25) is 0 Å². The van der Waals surface area contributed by atoms with Crippen LogP contribution >= 0.6 is 0 Å². The first kappa shape index (κ1) is 13.1. The second kappa shape index (κ2) is 5.66. The SMILES string of the molecule is c1coc(COCc2c3ccccc3cc3ccccc23)c1. The van der Waals surface area contributed by atoms with Gasteiger partial charge in [0.2, 0.25) is 0 Å². The standard InChI is InChI=1S/C20H16O2/c1-3-9-18-15(6-1)12-16-7-2-4-10-19(16)20(18)14-21-13-17-8-5-11-22-17/h1-12H,13-14H2. The van der Waals surface area contributed by atoms with E-state index in [1.807, 2.05) is 12.1 Å². The van der Waals surface area contributed by atoms with Gasteiger partial charge in [0, 0.05) is 0 Å². The normalized spacial score (nSPS) is 11.3. The van der Waals surface area contributed by atoms with Crippen molar-refractivity contribution in [1.82, 2.24) is 0 Å². The average molecular weight is 288 g/mol. The van der Waals surface area contributed by atoms with Crippen molar-refractivity contribution in [1.29, 1.82) is 0 Å². The van der Waals surface area contributed by atoms with Gasteiger partial charge in [-0.2, -0.15) is 0 Å². The molecule has 1 aromatic heterocycles. The fraction of sp³-hybridized carbons (Fsp3) is 0.100. The lowest BCUT2D eigenvalue weighted by Gasteiger charge is -2.11. The average Bonchev–Trinajstić information content (AvgIpc) is 3.07. The summed E-state index contributed by atoms with van der Waals surface area (Å²) in [5, 5.41) is 5.00. The Morgan fingerprint density at radius 2 is 1.41 bits per heavy atom. The van der Waals surface area contributed by atoms with Crippen molar-refractivity contribution in [2.24, 2.45) is 0 Å². The predicted octanol–water partition coefficient (Wildman–Crippen LogP) is 5.30. The van der Waals surface area contributed by atoms with E-state index in [1.165, 1.54) is 27.1 Å². The van der Waals surface area contributed by atoms with Gasteiger partial charge < -0.3 is 9.15 Å². The topological polar surface area (TPSA) is 22.4 Å². The quantitative estimate of drug-likeness (QED) is 0.475. The van der Waals surface area contributed by atoms with Crippen LogP contribution in [0.25, 0.3) is 21.5 Å². The van der Waals surface area contributed by atoms with Crippen molar-refractivity contribution >= 4 is 21.5 Å². The molecule has 0 radical (unpaired) electrons. The van der Waals surface area contributed by atoms with Gasteiger partial charge in [-0.1, -0.05) is 48.5 Å². The van der Waals surface area contributed by atoms with E-state index in [9.17, 15) is 0 Å². The van der Waals surface area contributed by atoms with Crippen molar-refractivity contribution < 1.29 is 9.15 Å². The van der Waals surface area contributed by atoms with Crippen LogP contribution in [0.4, 0.5) is 0 Å². The van der Waals surface area contributed by atoms with E-state index < -0.39 is 0 Å². The molecule has 0 saturated carbocycles. The molecule has 0 spiro atoms. The lowest BCUT2D eigenvalue weighted by atomic mass is 9.97. The summed E-state index contributed by atoms with van der Waals surface area (Å²) < 4.78 is 11.2. The summed E-state index contributed by atoms with van der Waals surface area (Å²) in [4.78, 5) is 0. The van der Waals surface area contributed by atoms with Crippen LogP contribution in [0.1, 0.15) is 11.3 Å². The Balaban J connectivity index is 1.75. The second-order valence-electron chi connectivity index (χ2n) is 5.37. The predicted molar refractivity (Wildman–Crippen MR) is 88.7 cm³/mol. The minimum Gasteiger partial charge on any atom is -0.467 e. The molecule has 0 atom stereocenters. The molecule has 2 heteroatoms. The molecular formula is C20H16O2. The molecule has 22 heavy (non-hydrogen) atoms. The minimum absolute atomic E-state index is 0.491. The van der Waals surface area contributed by atoms with Crippen LogP contribution in [0.3, 0.4) is 0 Å². The Labute approximate surface area is 128 Å². The van der Waals surface area contributed by atoms with Gasteiger partial charge in [-0.15, -0.1) is 0 Å². The van der Waals surface area contributed by atoms with Gasteiger partial charge >= 0.3 is 0 Å². The first-order valence-corrected chi connectivity index (χ1v) is 7.41. The van der Waals surface area contributed by atoms with E-state index in [0.717, 1.165) is 5.76 Å². The van der Waals surface area contributed by atoms with Gasteiger partial charge in [0.25, 0.3) is 0 Å². The molecule has 0 aliphatic rings. The van der Waals surface area contributed by atoms with Gasteiger partial charge in [0.15, 0.2) is 0 Å². The van der Waals surface area contributed by atoms with Crippen LogP contribution in [0.15, 0.2) is 77.4 Å². The van der Waals surface area contributed by atoms with Gasteiger partial charge in [-0.25, -0.2) is 0 Å². The molecule has 4 rings (SSSR count). The molecule has 0 bridgehead atoms. The molecule has 4 aromatic rings. The Hall–Kier alpha value is -2.58. The van der Waals surface area contributed by atoms with Crippen molar-refractivity contribution in [2.75, 3.05) is 0 Å². The molecule has 2 nitrogen and oxygen atoms in total. The van der Waals surface area contributed by atoms with Crippen molar-refractivity contribution in [3.8, 4) is 0 Å². The zero-order valence-corrected chi connectivity index (χ0v) is 12.2. The molecule has 0 N–H and O–H groups in total. The van der Waals surface area contributed by atoms with Crippen LogP contribution in [0, 0.1) is 0 Å². The Bertz CT molecular complexity index is 853.